The van der Waals surface area contributed by atoms with Gasteiger partial charge in [-0.3, -0.25) is 14.5 Å². The smallest absolute Gasteiger partial charge is 0.256 e. The molecule has 33 heavy (non-hydrogen) atoms. The number of fused-ring (bicyclic) bond motifs is 1. The monoisotopic (exact) mass is 465 g/mol. The van der Waals surface area contributed by atoms with Crippen molar-refractivity contribution in [1.82, 2.24) is 9.97 Å². The number of sulfonamides is 1. The van der Waals surface area contributed by atoms with E-state index in [4.69, 9.17) is 4.98 Å². The highest BCUT2D eigenvalue weighted by molar-refractivity contribution is 7.92. The lowest BCUT2D eigenvalue weighted by atomic mass is 9.83. The minimum atomic E-state index is -3.36. The number of anilines is 1. The first-order chi connectivity index (χ1) is 15.4. The van der Waals surface area contributed by atoms with Crippen LogP contribution in [-0.2, 0) is 15.4 Å². The van der Waals surface area contributed by atoms with Crippen molar-refractivity contribution in [2.24, 2.45) is 0 Å². The van der Waals surface area contributed by atoms with E-state index in [0.717, 1.165) is 40.0 Å². The first-order valence-electron chi connectivity index (χ1n) is 10.3. The van der Waals surface area contributed by atoms with Gasteiger partial charge in [-0.1, -0.05) is 32.9 Å². The van der Waals surface area contributed by atoms with Crippen molar-refractivity contribution in [1.29, 1.82) is 0 Å². The Labute approximate surface area is 191 Å². The van der Waals surface area contributed by atoms with E-state index in [1.807, 2.05) is 30.3 Å². The Morgan fingerprint density at radius 2 is 1.64 bits per heavy atom. The average molecular weight is 466 g/mol. The summed E-state index contributed by atoms with van der Waals surface area (Å²) >= 11 is 0. The Kier molecular flexibility index (Phi) is 5.57. The highest BCUT2D eigenvalue weighted by Gasteiger charge is 2.20. The van der Waals surface area contributed by atoms with Crippen LogP contribution in [-0.4, -0.2) is 24.6 Å². The lowest BCUT2D eigenvalue weighted by Crippen LogP contribution is -2.14. The highest BCUT2D eigenvalue weighted by atomic mass is 32.2. The Bertz CT molecular complexity index is 1520. The van der Waals surface area contributed by atoms with E-state index in [1.54, 1.807) is 18.3 Å². The Hall–Kier alpha value is -3.52. The number of pyridine rings is 2. The molecule has 0 spiro atoms. The summed E-state index contributed by atoms with van der Waals surface area (Å²) in [6.07, 6.45) is 3.91. The van der Waals surface area contributed by atoms with E-state index in [0.29, 0.717) is 11.3 Å². The normalized spacial score (nSPS) is 12.2. The molecule has 0 radical (unpaired) electrons. The zero-order chi connectivity index (χ0) is 24.0. The van der Waals surface area contributed by atoms with Gasteiger partial charge < -0.3 is 4.98 Å². The predicted octanol–water partition coefficient (Wildman–Crippen LogP) is 5.07. The Morgan fingerprint density at radius 3 is 2.27 bits per heavy atom. The molecule has 0 aliphatic carbocycles. The van der Waals surface area contributed by atoms with E-state index in [2.05, 4.69) is 30.5 Å². The molecule has 8 heteroatoms. The minimum Gasteiger partial charge on any atom is -0.326 e. The fourth-order valence-corrected chi connectivity index (χ4v) is 4.32. The highest BCUT2D eigenvalue weighted by Crippen LogP contribution is 2.35. The average Bonchev–Trinajstić information content (AvgIpc) is 2.73. The largest absolute Gasteiger partial charge is 0.326 e. The van der Waals surface area contributed by atoms with Crippen molar-refractivity contribution in [2.75, 3.05) is 11.0 Å². The van der Waals surface area contributed by atoms with Gasteiger partial charge in [-0.05, 0) is 58.5 Å². The number of nitrogens with zero attached hydrogens (tertiary/aromatic N) is 1. The second-order valence-corrected chi connectivity index (χ2v) is 10.8. The van der Waals surface area contributed by atoms with Crippen molar-refractivity contribution in [3.05, 3.63) is 82.7 Å². The van der Waals surface area contributed by atoms with Crippen LogP contribution < -0.4 is 10.3 Å². The van der Waals surface area contributed by atoms with E-state index in [9.17, 15) is 17.6 Å². The number of hydrogen-bond donors (Lipinski definition) is 2. The standard InChI is InChI=1S/C25H24FN3O3S/c1-25(2,3)22-11-16(21-12-19(26)14-28-24(21)30)9-17-10-18(13-27-23(17)22)15-5-7-20(8-6-15)29-33(4,31)32/h5-14,29H,1-4H3,(H,28,30). The third-order valence-corrected chi connectivity index (χ3v) is 5.90. The first kappa shape index (κ1) is 22.7. The van der Waals surface area contributed by atoms with Gasteiger partial charge in [-0.25, -0.2) is 12.8 Å². The molecule has 6 nitrogen and oxygen atoms in total. The molecular weight excluding hydrogens is 441 g/mol. The number of rotatable bonds is 4. The third-order valence-electron chi connectivity index (χ3n) is 5.29. The second-order valence-electron chi connectivity index (χ2n) is 9.08. The van der Waals surface area contributed by atoms with Gasteiger partial charge in [-0.2, -0.15) is 0 Å². The van der Waals surface area contributed by atoms with Gasteiger partial charge >= 0.3 is 0 Å². The maximum absolute atomic E-state index is 13.9. The summed E-state index contributed by atoms with van der Waals surface area (Å²) in [5.41, 5.74) is 4.14. The minimum absolute atomic E-state index is 0.254. The summed E-state index contributed by atoms with van der Waals surface area (Å²) in [4.78, 5) is 19.5. The van der Waals surface area contributed by atoms with Crippen LogP contribution in [0.15, 0.2) is 65.7 Å². The molecule has 2 heterocycles. The summed E-state index contributed by atoms with van der Waals surface area (Å²) in [5.74, 6) is -0.517. The number of hydrogen-bond acceptors (Lipinski definition) is 4. The van der Waals surface area contributed by atoms with Crippen molar-refractivity contribution in [3.63, 3.8) is 0 Å². The maximum atomic E-state index is 13.9. The topological polar surface area (TPSA) is 91.9 Å². The lowest BCUT2D eigenvalue weighted by Gasteiger charge is -2.22. The Morgan fingerprint density at radius 1 is 0.970 bits per heavy atom. The van der Waals surface area contributed by atoms with Gasteiger partial charge in [0.1, 0.15) is 5.82 Å². The zero-order valence-corrected chi connectivity index (χ0v) is 19.5. The zero-order valence-electron chi connectivity index (χ0n) is 18.7. The quantitative estimate of drug-likeness (QED) is 0.440. The van der Waals surface area contributed by atoms with Crippen molar-refractivity contribution in [3.8, 4) is 22.3 Å². The molecule has 4 rings (SSSR count). The van der Waals surface area contributed by atoms with Crippen LogP contribution in [0, 0.1) is 5.82 Å². The van der Waals surface area contributed by atoms with Crippen LogP contribution in [0.1, 0.15) is 26.3 Å². The number of benzene rings is 2. The molecule has 0 aliphatic rings. The van der Waals surface area contributed by atoms with E-state index in [1.165, 1.54) is 6.07 Å². The first-order valence-corrected chi connectivity index (χ1v) is 12.2. The van der Waals surface area contributed by atoms with Gasteiger partial charge in [0, 0.05) is 34.6 Å². The van der Waals surface area contributed by atoms with E-state index < -0.39 is 15.8 Å². The number of H-pyrrole nitrogens is 1. The van der Waals surface area contributed by atoms with Gasteiger partial charge in [0.25, 0.3) is 5.56 Å². The van der Waals surface area contributed by atoms with Crippen LogP contribution in [0.25, 0.3) is 33.2 Å². The fraction of sp³-hybridized carbons (Fsp3) is 0.200. The summed E-state index contributed by atoms with van der Waals surface area (Å²) in [5, 5.41) is 0.817. The summed E-state index contributed by atoms with van der Waals surface area (Å²) in [6.45, 7) is 6.18. The molecule has 2 aromatic heterocycles. The molecule has 0 atom stereocenters. The number of aromatic nitrogens is 2. The molecule has 0 bridgehead atoms. The molecule has 0 amide bonds. The number of halogens is 1. The number of aromatic amines is 1. The lowest BCUT2D eigenvalue weighted by molar-refractivity contribution is 0.595. The van der Waals surface area contributed by atoms with Crippen LogP contribution in [0.5, 0.6) is 0 Å². The molecule has 0 saturated heterocycles. The van der Waals surface area contributed by atoms with Crippen LogP contribution in [0.2, 0.25) is 0 Å². The molecule has 2 aromatic carbocycles. The second kappa shape index (κ2) is 8.12. The van der Waals surface area contributed by atoms with Gasteiger partial charge in [0.2, 0.25) is 10.0 Å². The molecular formula is C25H24FN3O3S. The van der Waals surface area contributed by atoms with Gasteiger partial charge in [0.05, 0.1) is 11.8 Å². The maximum Gasteiger partial charge on any atom is 0.256 e. The van der Waals surface area contributed by atoms with Gasteiger partial charge in [-0.15, -0.1) is 0 Å². The van der Waals surface area contributed by atoms with Crippen molar-refractivity contribution < 1.29 is 12.8 Å². The van der Waals surface area contributed by atoms with Crippen LogP contribution >= 0.6 is 0 Å². The Balaban J connectivity index is 1.87. The van der Waals surface area contributed by atoms with Crippen LogP contribution in [0.4, 0.5) is 10.1 Å². The molecule has 0 aliphatic heterocycles. The molecule has 2 N–H and O–H groups in total. The SMILES string of the molecule is CC(C)(C)c1cc(-c2cc(F)c[nH]c2=O)cc2cc(-c3ccc(NS(C)(=O)=O)cc3)cnc12. The molecule has 0 fully saturated rings. The number of nitrogens with one attached hydrogen (secondary N) is 2. The molecule has 170 valence electrons. The molecule has 4 aromatic rings. The summed E-state index contributed by atoms with van der Waals surface area (Å²) in [6, 6.07) is 13.9. The third kappa shape index (κ3) is 4.96. The molecule has 0 saturated carbocycles. The fourth-order valence-electron chi connectivity index (χ4n) is 3.75. The van der Waals surface area contributed by atoms with Crippen molar-refractivity contribution in [2.45, 2.75) is 26.2 Å². The summed E-state index contributed by atoms with van der Waals surface area (Å²) < 4.78 is 39.2. The molecule has 0 unspecified atom stereocenters. The predicted molar refractivity (Wildman–Crippen MR) is 130 cm³/mol. The van der Waals surface area contributed by atoms with Gasteiger partial charge in [0.15, 0.2) is 0 Å². The summed E-state index contributed by atoms with van der Waals surface area (Å²) in [7, 11) is -3.36. The van der Waals surface area contributed by atoms with E-state index in [-0.39, 0.29) is 16.5 Å². The van der Waals surface area contributed by atoms with Crippen LogP contribution in [0.3, 0.4) is 0 Å². The van der Waals surface area contributed by atoms with Crippen molar-refractivity contribution >= 4 is 26.6 Å². The van der Waals surface area contributed by atoms with E-state index >= 15 is 0 Å².